The summed E-state index contributed by atoms with van der Waals surface area (Å²) in [7, 11) is 0. The highest BCUT2D eigenvalue weighted by molar-refractivity contribution is 5.14. The maximum atomic E-state index is 9.69. The zero-order valence-electron chi connectivity index (χ0n) is 14.8. The van der Waals surface area contributed by atoms with Gasteiger partial charge in [0, 0.05) is 32.7 Å². The average molecular weight is 313 g/mol. The SMILES string of the molecule is CCCCCCC(C)(C#N)N1CCN(Cc2ccccc2)CC1. The van der Waals surface area contributed by atoms with E-state index < -0.39 is 0 Å². The Kier molecular flexibility index (Phi) is 7.08. The van der Waals surface area contributed by atoms with Gasteiger partial charge in [0.05, 0.1) is 6.07 Å². The predicted octanol–water partition coefficient (Wildman–Crippen LogP) is 4.06. The summed E-state index contributed by atoms with van der Waals surface area (Å²) in [6.45, 7) is 9.51. The lowest BCUT2D eigenvalue weighted by molar-refractivity contribution is 0.0622. The van der Waals surface area contributed by atoms with Crippen LogP contribution in [0.2, 0.25) is 0 Å². The van der Waals surface area contributed by atoms with Crippen LogP contribution in [0.3, 0.4) is 0 Å². The Bertz CT molecular complexity index is 485. The molecule has 1 fully saturated rings. The van der Waals surface area contributed by atoms with Gasteiger partial charge in [0.15, 0.2) is 0 Å². The Morgan fingerprint density at radius 3 is 2.35 bits per heavy atom. The number of nitriles is 1. The summed E-state index contributed by atoms with van der Waals surface area (Å²) in [6.07, 6.45) is 5.96. The maximum Gasteiger partial charge on any atom is 0.106 e. The highest BCUT2D eigenvalue weighted by Crippen LogP contribution is 2.24. The largest absolute Gasteiger partial charge is 0.297 e. The van der Waals surface area contributed by atoms with E-state index in [1.54, 1.807) is 0 Å². The Hall–Kier alpha value is -1.37. The summed E-state index contributed by atoms with van der Waals surface area (Å²) >= 11 is 0. The van der Waals surface area contributed by atoms with Crippen LogP contribution in [-0.2, 0) is 6.54 Å². The molecule has 0 radical (unpaired) electrons. The quantitative estimate of drug-likeness (QED) is 0.678. The molecular formula is C20H31N3. The third-order valence-corrected chi connectivity index (χ3v) is 5.08. The van der Waals surface area contributed by atoms with Crippen molar-refractivity contribution >= 4 is 0 Å². The maximum absolute atomic E-state index is 9.69. The zero-order valence-corrected chi connectivity index (χ0v) is 14.8. The van der Waals surface area contributed by atoms with Crippen molar-refractivity contribution < 1.29 is 0 Å². The van der Waals surface area contributed by atoms with Gasteiger partial charge in [-0.05, 0) is 18.9 Å². The van der Waals surface area contributed by atoms with Gasteiger partial charge in [0.25, 0.3) is 0 Å². The van der Waals surface area contributed by atoms with Gasteiger partial charge in [-0.2, -0.15) is 5.26 Å². The highest BCUT2D eigenvalue weighted by atomic mass is 15.3. The van der Waals surface area contributed by atoms with E-state index in [2.05, 4.69) is 60.0 Å². The Morgan fingerprint density at radius 2 is 1.74 bits per heavy atom. The van der Waals surface area contributed by atoms with Crippen molar-refractivity contribution in [3.8, 4) is 6.07 Å². The van der Waals surface area contributed by atoms with Crippen LogP contribution in [0.1, 0.15) is 51.5 Å². The number of piperazine rings is 1. The van der Waals surface area contributed by atoms with Crippen LogP contribution in [-0.4, -0.2) is 41.5 Å². The summed E-state index contributed by atoms with van der Waals surface area (Å²) in [5.41, 5.74) is 1.09. The second-order valence-corrected chi connectivity index (χ2v) is 6.95. The fraction of sp³-hybridized carbons (Fsp3) is 0.650. The van der Waals surface area contributed by atoms with Crippen LogP contribution in [0.15, 0.2) is 30.3 Å². The molecule has 3 nitrogen and oxygen atoms in total. The van der Waals surface area contributed by atoms with Gasteiger partial charge in [0.2, 0.25) is 0 Å². The Labute approximate surface area is 141 Å². The summed E-state index contributed by atoms with van der Waals surface area (Å²) < 4.78 is 0. The first-order valence-corrected chi connectivity index (χ1v) is 9.10. The number of benzene rings is 1. The van der Waals surface area contributed by atoms with E-state index in [0.29, 0.717) is 0 Å². The van der Waals surface area contributed by atoms with Crippen LogP contribution >= 0.6 is 0 Å². The van der Waals surface area contributed by atoms with Gasteiger partial charge in [0.1, 0.15) is 5.54 Å². The first kappa shape index (κ1) is 18.0. The molecule has 0 spiro atoms. The fourth-order valence-corrected chi connectivity index (χ4v) is 3.42. The molecule has 0 aromatic heterocycles. The molecule has 1 aliphatic rings. The Morgan fingerprint density at radius 1 is 1.04 bits per heavy atom. The summed E-state index contributed by atoms with van der Waals surface area (Å²) in [5.74, 6) is 0. The summed E-state index contributed by atoms with van der Waals surface area (Å²) in [5, 5.41) is 9.69. The first-order valence-electron chi connectivity index (χ1n) is 9.10. The molecule has 23 heavy (non-hydrogen) atoms. The van der Waals surface area contributed by atoms with E-state index in [1.165, 1.54) is 31.2 Å². The van der Waals surface area contributed by atoms with Crippen LogP contribution in [0.25, 0.3) is 0 Å². The molecule has 1 saturated heterocycles. The van der Waals surface area contributed by atoms with Crippen LogP contribution in [0.5, 0.6) is 0 Å². The number of hydrogen-bond acceptors (Lipinski definition) is 3. The molecule has 3 heteroatoms. The molecule has 0 bridgehead atoms. The lowest BCUT2D eigenvalue weighted by Gasteiger charge is -2.42. The third-order valence-electron chi connectivity index (χ3n) is 5.08. The van der Waals surface area contributed by atoms with E-state index in [4.69, 9.17) is 0 Å². The zero-order chi connectivity index (χ0) is 16.5. The summed E-state index contributed by atoms with van der Waals surface area (Å²) in [4.78, 5) is 4.90. The smallest absolute Gasteiger partial charge is 0.106 e. The Balaban J connectivity index is 1.80. The minimum Gasteiger partial charge on any atom is -0.297 e. The van der Waals surface area contributed by atoms with Gasteiger partial charge in [-0.3, -0.25) is 9.80 Å². The lowest BCUT2D eigenvalue weighted by atomic mass is 9.92. The predicted molar refractivity (Wildman–Crippen MR) is 96.1 cm³/mol. The minimum absolute atomic E-state index is 0.285. The first-order chi connectivity index (χ1) is 11.2. The third kappa shape index (κ3) is 5.34. The number of hydrogen-bond donors (Lipinski definition) is 0. The second-order valence-electron chi connectivity index (χ2n) is 6.95. The van der Waals surface area contributed by atoms with Crippen molar-refractivity contribution in [2.24, 2.45) is 0 Å². The van der Waals surface area contributed by atoms with Crippen molar-refractivity contribution in [2.75, 3.05) is 26.2 Å². The number of unbranched alkanes of at least 4 members (excludes halogenated alkanes) is 3. The molecule has 1 aromatic rings. The molecule has 1 unspecified atom stereocenters. The van der Waals surface area contributed by atoms with Gasteiger partial charge in [-0.15, -0.1) is 0 Å². The van der Waals surface area contributed by atoms with Crippen molar-refractivity contribution in [2.45, 2.75) is 58.0 Å². The van der Waals surface area contributed by atoms with Crippen molar-refractivity contribution in [3.63, 3.8) is 0 Å². The van der Waals surface area contributed by atoms with E-state index >= 15 is 0 Å². The molecule has 1 aliphatic heterocycles. The molecule has 126 valence electrons. The van der Waals surface area contributed by atoms with Gasteiger partial charge in [-0.1, -0.05) is 62.9 Å². The standard InChI is InChI=1S/C20H31N3/c1-3-4-5-9-12-20(2,18-21)23-15-13-22(14-16-23)17-19-10-7-6-8-11-19/h6-8,10-11H,3-5,9,12-17H2,1-2H3. The minimum atomic E-state index is -0.285. The second kappa shape index (κ2) is 9.05. The molecule has 1 aromatic carbocycles. The summed E-state index contributed by atoms with van der Waals surface area (Å²) in [6, 6.07) is 13.3. The molecular weight excluding hydrogens is 282 g/mol. The van der Waals surface area contributed by atoms with Crippen LogP contribution in [0, 0.1) is 11.3 Å². The fourth-order valence-electron chi connectivity index (χ4n) is 3.42. The molecule has 0 saturated carbocycles. The molecule has 1 atom stereocenters. The van der Waals surface area contributed by atoms with Gasteiger partial charge >= 0.3 is 0 Å². The molecule has 2 rings (SSSR count). The van der Waals surface area contributed by atoms with Crippen molar-refractivity contribution in [1.82, 2.24) is 9.80 Å². The van der Waals surface area contributed by atoms with Crippen molar-refractivity contribution in [1.29, 1.82) is 5.26 Å². The van der Waals surface area contributed by atoms with E-state index in [1.807, 2.05) is 0 Å². The molecule has 0 aliphatic carbocycles. The highest BCUT2D eigenvalue weighted by Gasteiger charge is 2.33. The van der Waals surface area contributed by atoms with Gasteiger partial charge < -0.3 is 0 Å². The average Bonchev–Trinajstić information content (AvgIpc) is 2.60. The molecule has 1 heterocycles. The number of rotatable bonds is 8. The lowest BCUT2D eigenvalue weighted by Crippen LogP contribution is -2.55. The molecule has 0 amide bonds. The van der Waals surface area contributed by atoms with E-state index in [0.717, 1.165) is 39.1 Å². The van der Waals surface area contributed by atoms with Crippen LogP contribution < -0.4 is 0 Å². The van der Waals surface area contributed by atoms with E-state index in [9.17, 15) is 5.26 Å². The molecule has 0 N–H and O–H groups in total. The van der Waals surface area contributed by atoms with Gasteiger partial charge in [-0.25, -0.2) is 0 Å². The monoisotopic (exact) mass is 313 g/mol. The topological polar surface area (TPSA) is 30.3 Å². The van der Waals surface area contributed by atoms with Crippen LogP contribution in [0.4, 0.5) is 0 Å². The van der Waals surface area contributed by atoms with E-state index in [-0.39, 0.29) is 5.54 Å². The normalized spacial score (nSPS) is 19.2. The number of nitrogens with zero attached hydrogens (tertiary/aromatic N) is 3. The van der Waals surface area contributed by atoms with Crippen molar-refractivity contribution in [3.05, 3.63) is 35.9 Å².